The van der Waals surface area contributed by atoms with E-state index in [1.165, 1.54) is 0 Å². The van der Waals surface area contributed by atoms with Gasteiger partial charge in [-0.1, -0.05) is 13.0 Å². The number of nitrogens with zero attached hydrogens (tertiary/aromatic N) is 4. The molecule has 3 heterocycles. The highest BCUT2D eigenvalue weighted by atomic mass is 16.2. The summed E-state index contributed by atoms with van der Waals surface area (Å²) in [6.45, 7) is 3.34. The van der Waals surface area contributed by atoms with E-state index in [1.807, 2.05) is 40.6 Å². The third kappa shape index (κ3) is 3.18. The van der Waals surface area contributed by atoms with Gasteiger partial charge in [0.2, 0.25) is 0 Å². The molecule has 1 aliphatic heterocycles. The lowest BCUT2D eigenvalue weighted by molar-refractivity contribution is 0.0950. The van der Waals surface area contributed by atoms with Gasteiger partial charge in [-0.2, -0.15) is 0 Å². The number of urea groups is 1. The van der Waals surface area contributed by atoms with Crippen LogP contribution in [0.4, 0.5) is 4.79 Å². The SMILES string of the molecule is CCCNC(=O)c1nc([C@@H]2CCCN2C(=O)N(C)C)n2ccccc12. The van der Waals surface area contributed by atoms with Crippen molar-refractivity contribution in [1.29, 1.82) is 0 Å². The summed E-state index contributed by atoms with van der Waals surface area (Å²) in [4.78, 5) is 33.1. The van der Waals surface area contributed by atoms with E-state index in [-0.39, 0.29) is 18.0 Å². The zero-order valence-electron chi connectivity index (χ0n) is 15.0. The number of hydrogen-bond acceptors (Lipinski definition) is 3. The van der Waals surface area contributed by atoms with Crippen molar-refractivity contribution in [3.8, 4) is 0 Å². The second-order valence-electron chi connectivity index (χ2n) is 6.56. The van der Waals surface area contributed by atoms with Gasteiger partial charge < -0.3 is 19.5 Å². The monoisotopic (exact) mass is 343 g/mol. The summed E-state index contributed by atoms with van der Waals surface area (Å²) in [6.07, 6.45) is 4.57. The van der Waals surface area contributed by atoms with Crippen molar-refractivity contribution in [2.75, 3.05) is 27.2 Å². The first-order chi connectivity index (χ1) is 12.0. The highest BCUT2D eigenvalue weighted by Crippen LogP contribution is 2.33. The molecule has 1 atom stereocenters. The maximum atomic E-state index is 12.5. The van der Waals surface area contributed by atoms with Gasteiger partial charge in [0.05, 0.1) is 11.6 Å². The van der Waals surface area contributed by atoms with Gasteiger partial charge in [0.25, 0.3) is 5.91 Å². The number of aromatic nitrogens is 2. The number of likely N-dealkylation sites (tertiary alicyclic amines) is 1. The molecule has 134 valence electrons. The minimum Gasteiger partial charge on any atom is -0.351 e. The van der Waals surface area contributed by atoms with Crippen molar-refractivity contribution in [2.24, 2.45) is 0 Å². The molecule has 1 saturated heterocycles. The van der Waals surface area contributed by atoms with Crippen LogP contribution in [0, 0.1) is 0 Å². The Morgan fingerprint density at radius 2 is 2.16 bits per heavy atom. The Morgan fingerprint density at radius 3 is 2.88 bits per heavy atom. The fourth-order valence-corrected chi connectivity index (χ4v) is 3.31. The van der Waals surface area contributed by atoms with Gasteiger partial charge in [0.15, 0.2) is 5.69 Å². The highest BCUT2D eigenvalue weighted by Gasteiger charge is 2.34. The molecule has 0 radical (unpaired) electrons. The lowest BCUT2D eigenvalue weighted by Crippen LogP contribution is -2.39. The van der Waals surface area contributed by atoms with E-state index in [9.17, 15) is 9.59 Å². The number of carbonyl (C=O) groups excluding carboxylic acids is 2. The quantitative estimate of drug-likeness (QED) is 0.926. The largest absolute Gasteiger partial charge is 0.351 e. The number of imidazole rings is 1. The van der Waals surface area contributed by atoms with Crippen molar-refractivity contribution in [3.63, 3.8) is 0 Å². The number of pyridine rings is 1. The molecule has 3 rings (SSSR count). The molecule has 3 amide bonds. The topological polar surface area (TPSA) is 70.0 Å². The van der Waals surface area contributed by atoms with E-state index < -0.39 is 0 Å². The fraction of sp³-hybridized carbons (Fsp3) is 0.500. The first kappa shape index (κ1) is 17.3. The average molecular weight is 343 g/mol. The zero-order valence-corrected chi connectivity index (χ0v) is 15.0. The summed E-state index contributed by atoms with van der Waals surface area (Å²) >= 11 is 0. The molecular weight excluding hydrogens is 318 g/mol. The van der Waals surface area contributed by atoms with Crippen molar-refractivity contribution in [3.05, 3.63) is 35.9 Å². The molecule has 7 nitrogen and oxygen atoms in total. The van der Waals surface area contributed by atoms with Crippen LogP contribution < -0.4 is 5.32 Å². The van der Waals surface area contributed by atoms with E-state index >= 15 is 0 Å². The predicted molar refractivity (Wildman–Crippen MR) is 95.6 cm³/mol. The standard InChI is InChI=1S/C18H25N5O2/c1-4-10-19-17(24)15-13-8-5-6-11-22(13)16(20-15)14-9-7-12-23(14)18(25)21(2)3/h5-6,8,11,14H,4,7,9-10,12H2,1-3H3,(H,19,24)/t14-/m0/s1. The Hall–Kier alpha value is -2.57. The van der Waals surface area contributed by atoms with Crippen LogP contribution in [0.15, 0.2) is 24.4 Å². The third-order valence-electron chi connectivity index (χ3n) is 4.51. The molecule has 0 aliphatic carbocycles. The minimum absolute atomic E-state index is 0.0211. The zero-order chi connectivity index (χ0) is 18.0. The van der Waals surface area contributed by atoms with Crippen LogP contribution >= 0.6 is 0 Å². The van der Waals surface area contributed by atoms with Gasteiger partial charge in [-0.05, 0) is 31.4 Å². The Morgan fingerprint density at radius 1 is 1.36 bits per heavy atom. The number of rotatable bonds is 4. The molecule has 1 fully saturated rings. The molecule has 1 N–H and O–H groups in total. The van der Waals surface area contributed by atoms with Crippen LogP contribution in [0.5, 0.6) is 0 Å². The predicted octanol–water partition coefficient (Wildman–Crippen LogP) is 2.29. The van der Waals surface area contributed by atoms with E-state index in [2.05, 4.69) is 10.3 Å². The normalized spacial score (nSPS) is 17.1. The molecule has 0 saturated carbocycles. The van der Waals surface area contributed by atoms with Crippen LogP contribution in [0.25, 0.3) is 5.52 Å². The number of fused-ring (bicyclic) bond motifs is 1. The van der Waals surface area contributed by atoms with Gasteiger partial charge in [0, 0.05) is 33.4 Å². The summed E-state index contributed by atoms with van der Waals surface area (Å²) < 4.78 is 1.94. The maximum absolute atomic E-state index is 12.5. The van der Waals surface area contributed by atoms with Crippen molar-refractivity contribution >= 4 is 17.5 Å². The summed E-state index contributed by atoms with van der Waals surface area (Å²) in [6, 6.07) is 5.57. The van der Waals surface area contributed by atoms with E-state index in [0.29, 0.717) is 18.8 Å². The van der Waals surface area contributed by atoms with Crippen LogP contribution in [-0.2, 0) is 0 Å². The van der Waals surface area contributed by atoms with Crippen LogP contribution in [0.2, 0.25) is 0 Å². The molecular formula is C18H25N5O2. The Kier molecular flexibility index (Phi) is 4.92. The third-order valence-corrected chi connectivity index (χ3v) is 4.51. The average Bonchev–Trinajstić information content (AvgIpc) is 3.23. The van der Waals surface area contributed by atoms with Gasteiger partial charge in [-0.3, -0.25) is 4.79 Å². The lowest BCUT2D eigenvalue weighted by Gasteiger charge is -2.27. The molecule has 2 aromatic rings. The number of hydrogen-bond donors (Lipinski definition) is 1. The molecule has 25 heavy (non-hydrogen) atoms. The molecule has 1 aliphatic rings. The molecule has 2 aromatic heterocycles. The van der Waals surface area contributed by atoms with Gasteiger partial charge in [-0.25, -0.2) is 9.78 Å². The maximum Gasteiger partial charge on any atom is 0.320 e. The summed E-state index contributed by atoms with van der Waals surface area (Å²) in [7, 11) is 3.51. The van der Waals surface area contributed by atoms with Crippen molar-refractivity contribution < 1.29 is 9.59 Å². The minimum atomic E-state index is -0.166. The van der Waals surface area contributed by atoms with Crippen molar-refractivity contribution in [1.82, 2.24) is 24.5 Å². The first-order valence-electron chi connectivity index (χ1n) is 8.77. The van der Waals surface area contributed by atoms with E-state index in [1.54, 1.807) is 19.0 Å². The number of nitrogens with one attached hydrogen (secondary N) is 1. The van der Waals surface area contributed by atoms with Gasteiger partial charge in [0.1, 0.15) is 5.82 Å². The van der Waals surface area contributed by atoms with E-state index in [0.717, 1.165) is 30.6 Å². The second-order valence-corrected chi connectivity index (χ2v) is 6.56. The van der Waals surface area contributed by atoms with Crippen LogP contribution in [0.3, 0.4) is 0 Å². The van der Waals surface area contributed by atoms with Gasteiger partial charge in [-0.15, -0.1) is 0 Å². The Bertz CT molecular complexity index is 783. The molecule has 0 aromatic carbocycles. The first-order valence-corrected chi connectivity index (χ1v) is 8.77. The van der Waals surface area contributed by atoms with E-state index in [4.69, 9.17) is 0 Å². The highest BCUT2D eigenvalue weighted by molar-refractivity contribution is 5.99. The number of amides is 3. The molecule has 0 unspecified atom stereocenters. The molecule has 7 heteroatoms. The number of carbonyl (C=O) groups is 2. The molecule has 0 bridgehead atoms. The Labute approximate surface area is 147 Å². The summed E-state index contributed by atoms with van der Waals surface area (Å²) in [5, 5.41) is 2.89. The summed E-state index contributed by atoms with van der Waals surface area (Å²) in [5.74, 6) is 0.588. The van der Waals surface area contributed by atoms with Crippen LogP contribution in [0.1, 0.15) is 48.5 Å². The van der Waals surface area contributed by atoms with Crippen LogP contribution in [-0.4, -0.2) is 58.3 Å². The summed E-state index contributed by atoms with van der Waals surface area (Å²) in [5.41, 5.74) is 1.20. The second kappa shape index (κ2) is 7.13. The fourth-order valence-electron chi connectivity index (χ4n) is 3.31. The van der Waals surface area contributed by atoms with Gasteiger partial charge >= 0.3 is 6.03 Å². The lowest BCUT2D eigenvalue weighted by atomic mass is 10.2. The Balaban J connectivity index is 2.02. The van der Waals surface area contributed by atoms with Crippen molar-refractivity contribution in [2.45, 2.75) is 32.2 Å². The molecule has 0 spiro atoms. The smallest absolute Gasteiger partial charge is 0.320 e.